The van der Waals surface area contributed by atoms with Gasteiger partial charge in [0.1, 0.15) is 0 Å². The average molecular weight is 309 g/mol. The molecule has 0 amide bonds. The zero-order valence-electron chi connectivity index (χ0n) is 10.4. The summed E-state index contributed by atoms with van der Waals surface area (Å²) in [5.74, 6) is 4.65. The number of sulfone groups is 1. The van der Waals surface area contributed by atoms with Gasteiger partial charge in [0.25, 0.3) is 0 Å². The van der Waals surface area contributed by atoms with Crippen LogP contribution in [0.25, 0.3) is 0 Å². The highest BCUT2D eigenvalue weighted by Crippen LogP contribution is 2.38. The van der Waals surface area contributed by atoms with Gasteiger partial charge in [-0.2, -0.15) is 13.2 Å². The highest BCUT2D eigenvalue weighted by molar-refractivity contribution is 7.91. The molecule has 0 radical (unpaired) electrons. The molecule has 2 heterocycles. The number of pyridine rings is 1. The van der Waals surface area contributed by atoms with E-state index in [9.17, 15) is 21.6 Å². The van der Waals surface area contributed by atoms with E-state index in [0.717, 1.165) is 18.5 Å². The number of alkyl halides is 3. The van der Waals surface area contributed by atoms with Gasteiger partial charge in [-0.05, 0) is 18.4 Å². The lowest BCUT2D eigenvalue weighted by Crippen LogP contribution is -2.35. The number of hydrazine groups is 1. The van der Waals surface area contributed by atoms with E-state index < -0.39 is 33.5 Å². The van der Waals surface area contributed by atoms with E-state index in [1.165, 1.54) is 0 Å². The highest BCUT2D eigenvalue weighted by atomic mass is 32.2. The minimum atomic E-state index is -4.54. The van der Waals surface area contributed by atoms with Crippen molar-refractivity contribution in [3.05, 3.63) is 29.6 Å². The molecule has 1 fully saturated rings. The molecule has 1 aromatic rings. The van der Waals surface area contributed by atoms with Crippen LogP contribution in [0.5, 0.6) is 0 Å². The molecule has 20 heavy (non-hydrogen) atoms. The maximum atomic E-state index is 13.0. The fourth-order valence-corrected chi connectivity index (χ4v) is 4.32. The predicted molar refractivity (Wildman–Crippen MR) is 66.1 cm³/mol. The van der Waals surface area contributed by atoms with Gasteiger partial charge in [0.05, 0.1) is 23.1 Å². The highest BCUT2D eigenvalue weighted by Gasteiger charge is 2.40. The van der Waals surface area contributed by atoms with Gasteiger partial charge in [-0.3, -0.25) is 16.3 Å². The van der Waals surface area contributed by atoms with Crippen molar-refractivity contribution in [2.24, 2.45) is 11.8 Å². The second kappa shape index (κ2) is 5.30. The van der Waals surface area contributed by atoms with Crippen molar-refractivity contribution in [1.82, 2.24) is 10.4 Å². The first-order valence-corrected chi connectivity index (χ1v) is 7.74. The Bertz CT molecular complexity index is 589. The number of aromatic nitrogens is 1. The molecule has 9 heteroatoms. The minimum absolute atomic E-state index is 0.0303. The molecule has 1 aromatic heterocycles. The van der Waals surface area contributed by atoms with Crippen molar-refractivity contribution in [2.75, 3.05) is 11.5 Å². The molecule has 112 valence electrons. The third kappa shape index (κ3) is 3.10. The molecule has 2 rings (SSSR count). The van der Waals surface area contributed by atoms with E-state index >= 15 is 0 Å². The molecule has 2 unspecified atom stereocenters. The maximum absolute atomic E-state index is 13.0. The van der Waals surface area contributed by atoms with E-state index in [-0.39, 0.29) is 23.5 Å². The fraction of sp³-hybridized carbons (Fsp3) is 0.545. The zero-order chi connectivity index (χ0) is 15.0. The minimum Gasteiger partial charge on any atom is -0.271 e. The molecule has 1 aliphatic rings. The molecule has 3 N–H and O–H groups in total. The second-order valence-electron chi connectivity index (χ2n) is 4.77. The molecular weight excluding hydrogens is 295 g/mol. The third-order valence-electron chi connectivity index (χ3n) is 3.41. The Morgan fingerprint density at radius 1 is 1.45 bits per heavy atom. The average Bonchev–Trinajstić information content (AvgIpc) is 2.70. The number of hydrogen-bond donors (Lipinski definition) is 2. The van der Waals surface area contributed by atoms with Crippen LogP contribution in [-0.4, -0.2) is 24.9 Å². The molecule has 1 saturated heterocycles. The molecule has 0 aromatic carbocycles. The lowest BCUT2D eigenvalue weighted by atomic mass is 9.91. The SMILES string of the molecule is NNC(c1cnccc1C(F)(F)F)C1CCS(=O)(=O)C1. The summed E-state index contributed by atoms with van der Waals surface area (Å²) in [6.07, 6.45) is -2.13. The lowest BCUT2D eigenvalue weighted by Gasteiger charge is -2.24. The molecule has 0 bridgehead atoms. The van der Waals surface area contributed by atoms with Gasteiger partial charge in [-0.15, -0.1) is 0 Å². The van der Waals surface area contributed by atoms with Crippen LogP contribution >= 0.6 is 0 Å². The molecule has 2 atom stereocenters. The van der Waals surface area contributed by atoms with Crippen molar-refractivity contribution < 1.29 is 21.6 Å². The Morgan fingerprint density at radius 2 is 2.15 bits per heavy atom. The Morgan fingerprint density at radius 3 is 2.65 bits per heavy atom. The van der Waals surface area contributed by atoms with Crippen LogP contribution in [0, 0.1) is 5.92 Å². The van der Waals surface area contributed by atoms with Gasteiger partial charge < -0.3 is 0 Å². The van der Waals surface area contributed by atoms with Gasteiger partial charge in [0, 0.05) is 18.0 Å². The van der Waals surface area contributed by atoms with E-state index in [4.69, 9.17) is 5.84 Å². The summed E-state index contributed by atoms with van der Waals surface area (Å²) in [6, 6.07) is -0.0269. The summed E-state index contributed by atoms with van der Waals surface area (Å²) >= 11 is 0. The number of nitrogens with zero attached hydrogens (tertiary/aromatic N) is 1. The van der Waals surface area contributed by atoms with E-state index in [1.54, 1.807) is 0 Å². The summed E-state index contributed by atoms with van der Waals surface area (Å²) in [7, 11) is -3.20. The third-order valence-corrected chi connectivity index (χ3v) is 5.20. The van der Waals surface area contributed by atoms with Crippen LogP contribution in [0.2, 0.25) is 0 Å². The molecule has 0 saturated carbocycles. The van der Waals surface area contributed by atoms with E-state index in [0.29, 0.717) is 0 Å². The fourth-order valence-electron chi connectivity index (χ4n) is 2.48. The van der Waals surface area contributed by atoms with Crippen molar-refractivity contribution in [3.63, 3.8) is 0 Å². The first-order chi connectivity index (χ1) is 9.24. The van der Waals surface area contributed by atoms with E-state index in [2.05, 4.69) is 10.4 Å². The summed E-state index contributed by atoms with van der Waals surface area (Å²) < 4.78 is 61.8. The number of nitrogens with two attached hydrogens (primary N) is 1. The van der Waals surface area contributed by atoms with Crippen LogP contribution in [0.3, 0.4) is 0 Å². The Labute approximate surface area is 114 Å². The lowest BCUT2D eigenvalue weighted by molar-refractivity contribution is -0.138. The van der Waals surface area contributed by atoms with Gasteiger partial charge in [-0.1, -0.05) is 0 Å². The van der Waals surface area contributed by atoms with Crippen molar-refractivity contribution in [1.29, 1.82) is 0 Å². The summed E-state index contributed by atoms with van der Waals surface area (Å²) in [5, 5.41) is 0. The topological polar surface area (TPSA) is 85.1 Å². The van der Waals surface area contributed by atoms with E-state index in [1.807, 2.05) is 0 Å². The quantitative estimate of drug-likeness (QED) is 0.644. The van der Waals surface area contributed by atoms with Gasteiger partial charge in [-0.25, -0.2) is 8.42 Å². The number of nitrogens with one attached hydrogen (secondary N) is 1. The van der Waals surface area contributed by atoms with Crippen LogP contribution in [0.15, 0.2) is 18.5 Å². The molecular formula is C11H14F3N3O2S. The smallest absolute Gasteiger partial charge is 0.271 e. The second-order valence-corrected chi connectivity index (χ2v) is 7.00. The standard InChI is InChI=1S/C11H14F3N3O2S/c12-11(13,14)9-1-3-16-5-8(9)10(17-15)7-2-4-20(18,19)6-7/h1,3,5,7,10,17H,2,4,6,15H2. The Balaban J connectivity index is 2.38. The largest absolute Gasteiger partial charge is 0.416 e. The first-order valence-electron chi connectivity index (χ1n) is 5.92. The predicted octanol–water partition coefficient (Wildman–Crippen LogP) is 1.04. The first kappa shape index (κ1) is 15.2. The van der Waals surface area contributed by atoms with Crippen molar-refractivity contribution >= 4 is 9.84 Å². The summed E-state index contributed by atoms with van der Waals surface area (Å²) in [5.41, 5.74) is 1.34. The number of rotatable bonds is 3. The number of hydrogen-bond acceptors (Lipinski definition) is 5. The Kier molecular flexibility index (Phi) is 4.03. The molecule has 5 nitrogen and oxygen atoms in total. The molecule has 1 aliphatic heterocycles. The van der Waals surface area contributed by atoms with Crippen molar-refractivity contribution in [2.45, 2.75) is 18.6 Å². The van der Waals surface area contributed by atoms with Gasteiger partial charge in [0.15, 0.2) is 9.84 Å². The Hall–Kier alpha value is -1.19. The molecule has 0 spiro atoms. The molecule has 0 aliphatic carbocycles. The zero-order valence-corrected chi connectivity index (χ0v) is 11.2. The van der Waals surface area contributed by atoms with Gasteiger partial charge >= 0.3 is 6.18 Å². The van der Waals surface area contributed by atoms with Crippen LogP contribution in [0.1, 0.15) is 23.6 Å². The maximum Gasteiger partial charge on any atom is 0.416 e. The van der Waals surface area contributed by atoms with Crippen LogP contribution in [-0.2, 0) is 16.0 Å². The normalized spacial score (nSPS) is 23.7. The summed E-state index contributed by atoms with van der Waals surface area (Å²) in [4.78, 5) is 3.69. The van der Waals surface area contributed by atoms with Gasteiger partial charge in [0.2, 0.25) is 0 Å². The number of halogens is 3. The van der Waals surface area contributed by atoms with Crippen LogP contribution in [0.4, 0.5) is 13.2 Å². The van der Waals surface area contributed by atoms with Crippen molar-refractivity contribution in [3.8, 4) is 0 Å². The monoisotopic (exact) mass is 309 g/mol. The van der Waals surface area contributed by atoms with Crippen LogP contribution < -0.4 is 11.3 Å². The summed E-state index contributed by atoms with van der Waals surface area (Å²) in [6.45, 7) is 0.